The normalized spacial score (nSPS) is 16.8. The van der Waals surface area contributed by atoms with Gasteiger partial charge in [0.1, 0.15) is 5.75 Å². The van der Waals surface area contributed by atoms with Crippen molar-refractivity contribution in [2.45, 2.75) is 37.7 Å². The molecule has 2 aromatic carbocycles. The number of sulfonamides is 1. The highest BCUT2D eigenvalue weighted by atomic mass is 32.2. The van der Waals surface area contributed by atoms with E-state index in [0.717, 1.165) is 5.56 Å². The van der Waals surface area contributed by atoms with Crippen LogP contribution in [0.15, 0.2) is 47.4 Å². The number of carbonyl (C=O) groups is 1. The van der Waals surface area contributed by atoms with Crippen LogP contribution in [-0.4, -0.2) is 20.4 Å². The second-order valence-electron chi connectivity index (χ2n) is 6.29. The van der Waals surface area contributed by atoms with Gasteiger partial charge < -0.3 is 10.1 Å². The van der Waals surface area contributed by atoms with Crippen LogP contribution in [-0.2, 0) is 14.8 Å². The molecule has 7 heteroatoms. The van der Waals surface area contributed by atoms with Gasteiger partial charge in [0.15, 0.2) is 6.10 Å². The van der Waals surface area contributed by atoms with E-state index in [4.69, 9.17) is 4.74 Å². The Hall–Kier alpha value is -2.54. The van der Waals surface area contributed by atoms with Crippen LogP contribution in [0.5, 0.6) is 5.75 Å². The van der Waals surface area contributed by atoms with Gasteiger partial charge in [-0.15, -0.1) is 0 Å². The monoisotopic (exact) mass is 360 g/mol. The van der Waals surface area contributed by atoms with E-state index in [0.29, 0.717) is 23.0 Å². The Morgan fingerprint density at radius 1 is 1.12 bits per heavy atom. The lowest BCUT2D eigenvalue weighted by molar-refractivity contribution is -0.122. The van der Waals surface area contributed by atoms with E-state index in [2.05, 4.69) is 23.9 Å². The van der Waals surface area contributed by atoms with Crippen LogP contribution in [0.2, 0.25) is 0 Å². The zero-order chi connectivity index (χ0) is 18.2. The highest BCUT2D eigenvalue weighted by molar-refractivity contribution is 7.92. The van der Waals surface area contributed by atoms with Crippen molar-refractivity contribution in [3.8, 4) is 5.75 Å². The summed E-state index contributed by atoms with van der Waals surface area (Å²) in [5, 5.41) is 2.65. The summed E-state index contributed by atoms with van der Waals surface area (Å²) >= 11 is 0. The summed E-state index contributed by atoms with van der Waals surface area (Å²) in [4.78, 5) is 11.7. The van der Waals surface area contributed by atoms with Gasteiger partial charge in [0, 0.05) is 5.69 Å². The van der Waals surface area contributed by atoms with E-state index in [1.54, 1.807) is 25.1 Å². The fourth-order valence-corrected chi connectivity index (χ4v) is 3.59. The minimum absolute atomic E-state index is 0.0534. The Bertz CT molecular complexity index is 905. The number of ether oxygens (including phenoxy) is 1. The van der Waals surface area contributed by atoms with Crippen LogP contribution in [0.25, 0.3) is 0 Å². The Labute approximate surface area is 147 Å². The number of carbonyl (C=O) groups excluding carboxylic acids is 1. The zero-order valence-electron chi connectivity index (χ0n) is 14.2. The van der Waals surface area contributed by atoms with Crippen LogP contribution < -0.4 is 14.8 Å². The summed E-state index contributed by atoms with van der Waals surface area (Å²) in [5.74, 6) is 0.518. The maximum atomic E-state index is 12.6. The van der Waals surface area contributed by atoms with Crippen LogP contribution in [0.1, 0.15) is 32.3 Å². The van der Waals surface area contributed by atoms with Crippen LogP contribution in [0, 0.1) is 0 Å². The van der Waals surface area contributed by atoms with Crippen molar-refractivity contribution in [1.82, 2.24) is 0 Å². The number of anilines is 2. The number of benzene rings is 2. The molecule has 6 nitrogen and oxygen atoms in total. The summed E-state index contributed by atoms with van der Waals surface area (Å²) < 4.78 is 33.2. The molecule has 0 aromatic heterocycles. The van der Waals surface area contributed by atoms with E-state index < -0.39 is 16.1 Å². The topological polar surface area (TPSA) is 84.5 Å². The van der Waals surface area contributed by atoms with E-state index in [-0.39, 0.29) is 10.8 Å². The number of rotatable bonds is 4. The Balaban J connectivity index is 1.85. The average Bonchev–Trinajstić information content (AvgIpc) is 2.55. The highest BCUT2D eigenvalue weighted by Gasteiger charge is 2.25. The third kappa shape index (κ3) is 3.61. The van der Waals surface area contributed by atoms with Crippen molar-refractivity contribution in [3.63, 3.8) is 0 Å². The van der Waals surface area contributed by atoms with Gasteiger partial charge in [0.05, 0.1) is 10.6 Å². The molecule has 1 aliphatic heterocycles. The molecule has 1 unspecified atom stereocenters. The fraction of sp³-hybridized carbons (Fsp3) is 0.278. The summed E-state index contributed by atoms with van der Waals surface area (Å²) in [6.45, 7) is 5.78. The number of amides is 1. The largest absolute Gasteiger partial charge is 0.479 e. The maximum Gasteiger partial charge on any atom is 0.265 e. The molecule has 132 valence electrons. The summed E-state index contributed by atoms with van der Waals surface area (Å²) in [7, 11) is -3.77. The van der Waals surface area contributed by atoms with Crippen molar-refractivity contribution in [2.24, 2.45) is 0 Å². The van der Waals surface area contributed by atoms with E-state index in [1.807, 2.05) is 12.1 Å². The average molecular weight is 360 g/mol. The third-order valence-corrected chi connectivity index (χ3v) is 5.40. The van der Waals surface area contributed by atoms with E-state index in [9.17, 15) is 13.2 Å². The molecule has 0 bridgehead atoms. The smallest absolute Gasteiger partial charge is 0.265 e. The minimum Gasteiger partial charge on any atom is -0.479 e. The first-order chi connectivity index (χ1) is 11.8. The Morgan fingerprint density at radius 3 is 2.44 bits per heavy atom. The van der Waals surface area contributed by atoms with Crippen LogP contribution >= 0.6 is 0 Å². The predicted molar refractivity (Wildman–Crippen MR) is 96.5 cm³/mol. The molecule has 0 spiro atoms. The molecule has 2 aromatic rings. The summed E-state index contributed by atoms with van der Waals surface area (Å²) in [5.41, 5.74) is 1.96. The van der Waals surface area contributed by atoms with Gasteiger partial charge in [-0.3, -0.25) is 9.52 Å². The number of hydrogen-bond acceptors (Lipinski definition) is 4. The Morgan fingerprint density at radius 2 is 1.80 bits per heavy atom. The quantitative estimate of drug-likeness (QED) is 0.876. The molecule has 0 saturated carbocycles. The van der Waals surface area contributed by atoms with Crippen molar-refractivity contribution >= 4 is 27.3 Å². The molecule has 3 rings (SSSR count). The first-order valence-corrected chi connectivity index (χ1v) is 9.49. The lowest BCUT2D eigenvalue weighted by atomic mass is 10.0. The maximum absolute atomic E-state index is 12.6. The molecule has 0 fully saturated rings. The van der Waals surface area contributed by atoms with Crippen molar-refractivity contribution in [3.05, 3.63) is 48.0 Å². The van der Waals surface area contributed by atoms with Crippen molar-refractivity contribution in [2.75, 3.05) is 10.0 Å². The first-order valence-electron chi connectivity index (χ1n) is 8.00. The lowest BCUT2D eigenvalue weighted by Gasteiger charge is -2.23. The lowest BCUT2D eigenvalue weighted by Crippen LogP contribution is -2.34. The molecule has 0 saturated heterocycles. The molecular weight excluding hydrogens is 340 g/mol. The molecule has 1 amide bonds. The van der Waals surface area contributed by atoms with Gasteiger partial charge in [-0.25, -0.2) is 8.42 Å². The van der Waals surface area contributed by atoms with Gasteiger partial charge >= 0.3 is 0 Å². The Kier molecular flexibility index (Phi) is 4.43. The van der Waals surface area contributed by atoms with Crippen LogP contribution in [0.3, 0.4) is 0 Å². The van der Waals surface area contributed by atoms with Gasteiger partial charge in [-0.2, -0.15) is 0 Å². The number of nitrogens with one attached hydrogen (secondary N) is 2. The number of hydrogen-bond donors (Lipinski definition) is 2. The highest BCUT2D eigenvalue weighted by Crippen LogP contribution is 2.32. The minimum atomic E-state index is -3.77. The third-order valence-electron chi connectivity index (χ3n) is 4.02. The van der Waals surface area contributed by atoms with Gasteiger partial charge in [-0.1, -0.05) is 26.0 Å². The van der Waals surface area contributed by atoms with Gasteiger partial charge in [0.25, 0.3) is 15.9 Å². The second-order valence-corrected chi connectivity index (χ2v) is 7.97. The molecule has 1 heterocycles. The SMILES string of the molecule is CC1Oc2ccc(S(=O)(=O)Nc3ccc(C(C)C)cc3)cc2NC1=O. The summed E-state index contributed by atoms with van der Waals surface area (Å²) in [6.07, 6.45) is -0.604. The van der Waals surface area contributed by atoms with E-state index in [1.165, 1.54) is 12.1 Å². The first kappa shape index (κ1) is 17.3. The molecule has 1 aliphatic rings. The molecule has 0 aliphatic carbocycles. The van der Waals surface area contributed by atoms with Crippen LogP contribution in [0.4, 0.5) is 11.4 Å². The van der Waals surface area contributed by atoms with E-state index >= 15 is 0 Å². The fourth-order valence-electron chi connectivity index (χ4n) is 2.51. The van der Waals surface area contributed by atoms with Gasteiger partial charge in [0.2, 0.25) is 0 Å². The summed E-state index contributed by atoms with van der Waals surface area (Å²) in [6, 6.07) is 11.6. The molecule has 25 heavy (non-hydrogen) atoms. The molecule has 0 radical (unpaired) electrons. The predicted octanol–water partition coefficient (Wildman–Crippen LogP) is 3.33. The second kappa shape index (κ2) is 6.40. The molecular formula is C18H20N2O4S. The standard InChI is InChI=1S/C18H20N2O4S/c1-11(2)13-4-6-14(7-5-13)20-25(22,23)15-8-9-17-16(10-15)19-18(21)12(3)24-17/h4-12,20H,1-3H3,(H,19,21). The molecule has 1 atom stereocenters. The number of fused-ring (bicyclic) bond motifs is 1. The molecule has 2 N–H and O–H groups in total. The zero-order valence-corrected chi connectivity index (χ0v) is 15.1. The van der Waals surface area contributed by atoms with Crippen molar-refractivity contribution < 1.29 is 17.9 Å². The van der Waals surface area contributed by atoms with Crippen molar-refractivity contribution in [1.29, 1.82) is 0 Å². The van der Waals surface area contributed by atoms with Gasteiger partial charge in [-0.05, 0) is 48.7 Å².